The molecular weight excluding hydrogens is 316 g/mol. The number of hydrogen-bond acceptors (Lipinski definition) is 5. The molecule has 0 aliphatic carbocycles. The number of nitrogens with zero attached hydrogens (tertiary/aromatic N) is 2. The average Bonchev–Trinajstić information content (AvgIpc) is 3.29. The number of likely N-dealkylation sites (tertiary alicyclic amines) is 1. The van der Waals surface area contributed by atoms with Crippen LogP contribution in [0.15, 0.2) is 47.3 Å². The lowest BCUT2D eigenvalue weighted by Crippen LogP contribution is -2.47. The summed E-state index contributed by atoms with van der Waals surface area (Å²) in [5.74, 6) is 2.49. The average molecular weight is 342 g/mol. The summed E-state index contributed by atoms with van der Waals surface area (Å²) in [6, 6.07) is 7.87. The Hall–Kier alpha value is -1.85. The van der Waals surface area contributed by atoms with Crippen LogP contribution in [0, 0.1) is 5.92 Å². The zero-order valence-electron chi connectivity index (χ0n) is 14.6. The number of hydrogen-bond donors (Lipinski definition) is 0. The Labute approximate surface area is 148 Å². The zero-order valence-corrected chi connectivity index (χ0v) is 14.6. The lowest BCUT2D eigenvalue weighted by Gasteiger charge is -2.42. The Morgan fingerprint density at radius 3 is 2.92 bits per heavy atom. The molecule has 1 unspecified atom stereocenters. The zero-order chi connectivity index (χ0) is 17.0. The third-order valence-electron chi connectivity index (χ3n) is 5.63. The highest BCUT2D eigenvalue weighted by molar-refractivity contribution is 5.15. The smallest absolute Gasteiger partial charge is 0.137 e. The molecule has 1 atom stereocenters. The SMILES string of the molecule is c1cncc(OCCC2CCOC23CCN(Cc2ccco2)CC3)c1. The van der Waals surface area contributed by atoms with Crippen LogP contribution in [0.4, 0.5) is 0 Å². The molecule has 5 heteroatoms. The summed E-state index contributed by atoms with van der Waals surface area (Å²) in [5.41, 5.74) is 0.0535. The van der Waals surface area contributed by atoms with E-state index in [1.165, 1.54) is 0 Å². The maximum absolute atomic E-state index is 6.26. The van der Waals surface area contributed by atoms with Gasteiger partial charge in [-0.05, 0) is 55.9 Å². The third kappa shape index (κ3) is 3.88. The molecule has 2 aromatic heterocycles. The standard InChI is InChI=1S/C20H26N2O3/c1-3-18(15-21-9-1)24-13-5-17-6-14-25-20(17)7-10-22(11-8-20)16-19-4-2-12-23-19/h1-4,9,12,15,17H,5-8,10-11,13-14,16H2. The summed E-state index contributed by atoms with van der Waals surface area (Å²) >= 11 is 0. The van der Waals surface area contributed by atoms with Crippen LogP contribution in [-0.4, -0.2) is 41.8 Å². The Balaban J connectivity index is 1.27. The lowest BCUT2D eigenvalue weighted by molar-refractivity contribution is -0.0715. The van der Waals surface area contributed by atoms with Crippen LogP contribution in [0.1, 0.15) is 31.4 Å². The molecular formula is C20H26N2O3. The predicted octanol–water partition coefficient (Wildman–Crippen LogP) is 3.51. The maximum atomic E-state index is 6.26. The van der Waals surface area contributed by atoms with Crippen LogP contribution in [-0.2, 0) is 11.3 Å². The Morgan fingerprint density at radius 2 is 2.16 bits per heavy atom. The van der Waals surface area contributed by atoms with Gasteiger partial charge in [0.05, 0.1) is 31.2 Å². The highest BCUT2D eigenvalue weighted by Gasteiger charge is 2.45. The van der Waals surface area contributed by atoms with Crippen molar-refractivity contribution in [3.8, 4) is 5.75 Å². The van der Waals surface area contributed by atoms with Gasteiger partial charge in [0, 0.05) is 25.9 Å². The molecule has 4 rings (SSSR count). The number of aromatic nitrogens is 1. The van der Waals surface area contributed by atoms with Crippen LogP contribution in [0.3, 0.4) is 0 Å². The molecule has 0 N–H and O–H groups in total. The second kappa shape index (κ2) is 7.58. The third-order valence-corrected chi connectivity index (χ3v) is 5.63. The monoisotopic (exact) mass is 342 g/mol. The minimum atomic E-state index is 0.0535. The van der Waals surface area contributed by atoms with Crippen molar-refractivity contribution in [3.63, 3.8) is 0 Å². The molecule has 2 aromatic rings. The van der Waals surface area contributed by atoms with Crippen molar-refractivity contribution < 1.29 is 13.9 Å². The fourth-order valence-corrected chi connectivity index (χ4v) is 4.21. The number of ether oxygens (including phenoxy) is 2. The van der Waals surface area contributed by atoms with Crippen LogP contribution < -0.4 is 4.74 Å². The van der Waals surface area contributed by atoms with E-state index in [-0.39, 0.29) is 5.60 Å². The van der Waals surface area contributed by atoms with Crippen molar-refractivity contribution in [3.05, 3.63) is 48.7 Å². The first-order valence-electron chi connectivity index (χ1n) is 9.26. The first kappa shape index (κ1) is 16.6. The van der Waals surface area contributed by atoms with Gasteiger partial charge in [0.1, 0.15) is 11.5 Å². The van der Waals surface area contributed by atoms with Crippen LogP contribution >= 0.6 is 0 Å². The molecule has 2 fully saturated rings. The summed E-state index contributed by atoms with van der Waals surface area (Å²) in [7, 11) is 0. The van der Waals surface area contributed by atoms with Gasteiger partial charge in [0.15, 0.2) is 0 Å². The fraction of sp³-hybridized carbons (Fsp3) is 0.550. The lowest BCUT2D eigenvalue weighted by atomic mass is 9.78. The van der Waals surface area contributed by atoms with E-state index in [0.29, 0.717) is 5.92 Å². The van der Waals surface area contributed by atoms with E-state index in [9.17, 15) is 0 Å². The van der Waals surface area contributed by atoms with E-state index in [1.807, 2.05) is 18.2 Å². The summed E-state index contributed by atoms with van der Waals surface area (Å²) < 4.78 is 17.6. The van der Waals surface area contributed by atoms with Crippen molar-refractivity contribution in [1.82, 2.24) is 9.88 Å². The summed E-state index contributed by atoms with van der Waals surface area (Å²) in [6.07, 6.45) is 9.69. The highest BCUT2D eigenvalue weighted by atomic mass is 16.5. The molecule has 2 aliphatic rings. The van der Waals surface area contributed by atoms with Gasteiger partial charge in [-0.15, -0.1) is 0 Å². The second-order valence-electron chi connectivity index (χ2n) is 7.08. The summed E-state index contributed by atoms with van der Waals surface area (Å²) in [5, 5.41) is 0. The van der Waals surface area contributed by atoms with Crippen LogP contribution in [0.25, 0.3) is 0 Å². The van der Waals surface area contributed by atoms with E-state index in [1.54, 1.807) is 18.7 Å². The van der Waals surface area contributed by atoms with Crippen molar-refractivity contribution in [2.24, 2.45) is 5.92 Å². The van der Waals surface area contributed by atoms with Crippen molar-refractivity contribution >= 4 is 0 Å². The Kier molecular flexibility index (Phi) is 5.04. The van der Waals surface area contributed by atoms with Gasteiger partial charge in [-0.1, -0.05) is 0 Å². The van der Waals surface area contributed by atoms with Crippen LogP contribution in [0.2, 0.25) is 0 Å². The fourth-order valence-electron chi connectivity index (χ4n) is 4.21. The van der Waals surface area contributed by atoms with Gasteiger partial charge >= 0.3 is 0 Å². The van der Waals surface area contributed by atoms with Gasteiger partial charge in [-0.25, -0.2) is 0 Å². The number of rotatable bonds is 6. The topological polar surface area (TPSA) is 47.7 Å². The Morgan fingerprint density at radius 1 is 1.24 bits per heavy atom. The molecule has 5 nitrogen and oxygen atoms in total. The number of pyridine rings is 1. The molecule has 0 aromatic carbocycles. The maximum Gasteiger partial charge on any atom is 0.137 e. The van der Waals surface area contributed by atoms with E-state index < -0.39 is 0 Å². The largest absolute Gasteiger partial charge is 0.492 e. The molecule has 25 heavy (non-hydrogen) atoms. The normalized spacial score (nSPS) is 23.1. The molecule has 2 aliphatic heterocycles. The van der Waals surface area contributed by atoms with Crippen molar-refractivity contribution in [2.75, 3.05) is 26.3 Å². The van der Waals surface area contributed by atoms with Gasteiger partial charge in [-0.2, -0.15) is 0 Å². The summed E-state index contributed by atoms with van der Waals surface area (Å²) in [4.78, 5) is 6.56. The van der Waals surface area contributed by atoms with E-state index in [4.69, 9.17) is 13.9 Å². The van der Waals surface area contributed by atoms with Gasteiger partial charge in [0.2, 0.25) is 0 Å². The predicted molar refractivity (Wildman–Crippen MR) is 94.4 cm³/mol. The molecule has 4 heterocycles. The van der Waals surface area contributed by atoms with E-state index in [0.717, 1.165) is 70.0 Å². The molecule has 1 spiro atoms. The van der Waals surface area contributed by atoms with Crippen molar-refractivity contribution in [2.45, 2.75) is 37.8 Å². The number of piperidine rings is 1. The first-order chi connectivity index (χ1) is 12.3. The highest BCUT2D eigenvalue weighted by Crippen LogP contribution is 2.42. The molecule has 0 saturated carbocycles. The van der Waals surface area contributed by atoms with Gasteiger partial charge in [-0.3, -0.25) is 9.88 Å². The van der Waals surface area contributed by atoms with Gasteiger partial charge in [0.25, 0.3) is 0 Å². The molecule has 0 radical (unpaired) electrons. The summed E-state index contributed by atoms with van der Waals surface area (Å²) in [6.45, 7) is 4.66. The Bertz CT molecular complexity index is 636. The van der Waals surface area contributed by atoms with Crippen molar-refractivity contribution in [1.29, 1.82) is 0 Å². The number of furan rings is 1. The van der Waals surface area contributed by atoms with E-state index in [2.05, 4.69) is 16.0 Å². The quantitative estimate of drug-likeness (QED) is 0.804. The molecule has 0 bridgehead atoms. The second-order valence-corrected chi connectivity index (χ2v) is 7.08. The first-order valence-corrected chi connectivity index (χ1v) is 9.26. The molecule has 2 saturated heterocycles. The minimum absolute atomic E-state index is 0.0535. The van der Waals surface area contributed by atoms with Gasteiger partial charge < -0.3 is 13.9 Å². The molecule has 0 amide bonds. The van der Waals surface area contributed by atoms with Crippen LogP contribution in [0.5, 0.6) is 5.75 Å². The molecule has 134 valence electrons. The van der Waals surface area contributed by atoms with E-state index >= 15 is 0 Å². The minimum Gasteiger partial charge on any atom is -0.492 e.